The molecule has 106 valence electrons. The van der Waals surface area contributed by atoms with E-state index >= 15 is 0 Å². The van der Waals surface area contributed by atoms with Crippen LogP contribution >= 0.6 is 0 Å². The molecule has 0 heterocycles. The fourth-order valence-electron chi connectivity index (χ4n) is 1.88. The van der Waals surface area contributed by atoms with E-state index in [1.54, 1.807) is 0 Å². The molecular formula is C17H26O2. The highest BCUT2D eigenvalue weighted by atomic mass is 16.5. The number of aliphatic hydroxyl groups is 1. The van der Waals surface area contributed by atoms with E-state index in [9.17, 15) is 5.11 Å². The van der Waals surface area contributed by atoms with Crippen LogP contribution in [-0.4, -0.2) is 17.8 Å². The van der Waals surface area contributed by atoms with Crippen LogP contribution in [0.2, 0.25) is 0 Å². The van der Waals surface area contributed by atoms with Gasteiger partial charge in [-0.05, 0) is 37.7 Å². The summed E-state index contributed by atoms with van der Waals surface area (Å²) in [6.45, 7) is 9.31. The topological polar surface area (TPSA) is 29.5 Å². The molecule has 2 unspecified atom stereocenters. The molecule has 0 fully saturated rings. The largest absolute Gasteiger partial charge is 0.389 e. The van der Waals surface area contributed by atoms with Gasteiger partial charge in [0.15, 0.2) is 0 Å². The smallest absolute Gasteiger partial charge is 0.0744 e. The third-order valence-electron chi connectivity index (χ3n) is 3.37. The molecule has 0 saturated carbocycles. The lowest BCUT2D eigenvalue weighted by Crippen LogP contribution is -2.10. The minimum absolute atomic E-state index is 0.354. The third kappa shape index (κ3) is 7.14. The third-order valence-corrected chi connectivity index (χ3v) is 3.37. The Kier molecular flexibility index (Phi) is 7.46. The molecule has 2 atom stereocenters. The van der Waals surface area contributed by atoms with Crippen molar-refractivity contribution in [2.24, 2.45) is 5.92 Å². The molecule has 1 rings (SSSR count). The highest BCUT2D eigenvalue weighted by molar-refractivity contribution is 5.13. The van der Waals surface area contributed by atoms with Crippen LogP contribution in [0.25, 0.3) is 0 Å². The lowest BCUT2D eigenvalue weighted by Gasteiger charge is -2.15. The number of aliphatic hydroxyl groups excluding tert-OH is 1. The first-order chi connectivity index (χ1) is 9.09. The van der Waals surface area contributed by atoms with Crippen LogP contribution in [0.15, 0.2) is 42.5 Å². The van der Waals surface area contributed by atoms with E-state index in [1.165, 1.54) is 5.56 Å². The summed E-state index contributed by atoms with van der Waals surface area (Å²) < 4.78 is 5.66. The molecule has 0 saturated heterocycles. The average Bonchev–Trinajstić information content (AvgIpc) is 2.42. The Morgan fingerprint density at radius 3 is 2.53 bits per heavy atom. The number of ether oxygens (including phenoxy) is 1. The van der Waals surface area contributed by atoms with Crippen molar-refractivity contribution in [3.05, 3.63) is 48.0 Å². The maximum atomic E-state index is 9.66. The van der Waals surface area contributed by atoms with Crippen molar-refractivity contribution >= 4 is 0 Å². The summed E-state index contributed by atoms with van der Waals surface area (Å²) in [5, 5.41) is 9.66. The van der Waals surface area contributed by atoms with Crippen LogP contribution in [-0.2, 0) is 11.3 Å². The van der Waals surface area contributed by atoms with Gasteiger partial charge in [-0.15, -0.1) is 0 Å². The van der Waals surface area contributed by atoms with E-state index in [4.69, 9.17) is 4.74 Å². The molecule has 2 heteroatoms. The van der Waals surface area contributed by atoms with Crippen molar-refractivity contribution in [2.75, 3.05) is 6.61 Å². The summed E-state index contributed by atoms with van der Waals surface area (Å²) in [6, 6.07) is 10.2. The predicted molar refractivity (Wildman–Crippen MR) is 79.9 cm³/mol. The maximum Gasteiger partial charge on any atom is 0.0744 e. The molecule has 2 nitrogen and oxygen atoms in total. The summed E-state index contributed by atoms with van der Waals surface area (Å²) in [6.07, 6.45) is 2.50. The van der Waals surface area contributed by atoms with Crippen LogP contribution < -0.4 is 0 Å². The Morgan fingerprint density at radius 1 is 1.21 bits per heavy atom. The van der Waals surface area contributed by atoms with Gasteiger partial charge in [0, 0.05) is 6.61 Å². The molecule has 1 aromatic rings. The zero-order valence-corrected chi connectivity index (χ0v) is 12.1. The van der Waals surface area contributed by atoms with Gasteiger partial charge in [0.1, 0.15) is 0 Å². The van der Waals surface area contributed by atoms with Crippen LogP contribution in [0.3, 0.4) is 0 Å². The van der Waals surface area contributed by atoms with Crippen molar-refractivity contribution in [1.82, 2.24) is 0 Å². The van der Waals surface area contributed by atoms with Crippen molar-refractivity contribution < 1.29 is 9.84 Å². The van der Waals surface area contributed by atoms with Crippen molar-refractivity contribution in [2.45, 2.75) is 45.8 Å². The van der Waals surface area contributed by atoms with E-state index in [0.717, 1.165) is 31.4 Å². The Labute approximate surface area is 117 Å². The average molecular weight is 262 g/mol. The number of rotatable bonds is 9. The van der Waals surface area contributed by atoms with E-state index in [1.807, 2.05) is 25.1 Å². The Morgan fingerprint density at radius 2 is 1.89 bits per heavy atom. The zero-order valence-electron chi connectivity index (χ0n) is 12.1. The number of benzene rings is 1. The van der Waals surface area contributed by atoms with E-state index in [-0.39, 0.29) is 6.10 Å². The molecule has 0 aliphatic rings. The normalized spacial score (nSPS) is 14.1. The molecule has 0 aliphatic heterocycles. The fraction of sp³-hybridized carbons (Fsp3) is 0.529. The predicted octanol–water partition coefficient (Wildman–Crippen LogP) is 3.95. The Hall–Kier alpha value is -1.12. The lowest BCUT2D eigenvalue weighted by molar-refractivity contribution is 0.105. The second-order valence-electron chi connectivity index (χ2n) is 5.37. The van der Waals surface area contributed by atoms with Crippen molar-refractivity contribution in [3.63, 3.8) is 0 Å². The molecule has 19 heavy (non-hydrogen) atoms. The second kappa shape index (κ2) is 8.89. The lowest BCUT2D eigenvalue weighted by atomic mass is 9.98. The first-order valence-corrected chi connectivity index (χ1v) is 7.04. The minimum atomic E-state index is -0.354. The standard InChI is InChI=1S/C17H26O2/c1-14(2)17(18)10-9-15(3)11-12-19-13-16-7-5-4-6-8-16/h4-8,15,17-18H,1,9-13H2,2-3H3. The van der Waals surface area contributed by atoms with E-state index < -0.39 is 0 Å². The van der Waals surface area contributed by atoms with E-state index in [2.05, 4.69) is 25.6 Å². The van der Waals surface area contributed by atoms with Crippen LogP contribution in [0.4, 0.5) is 0 Å². The SMILES string of the molecule is C=C(C)C(O)CCC(C)CCOCc1ccccc1. The molecule has 0 amide bonds. The molecule has 0 aliphatic carbocycles. The van der Waals surface area contributed by atoms with Crippen LogP contribution in [0.5, 0.6) is 0 Å². The van der Waals surface area contributed by atoms with Gasteiger partial charge in [0.25, 0.3) is 0 Å². The summed E-state index contributed by atoms with van der Waals surface area (Å²) in [7, 11) is 0. The fourth-order valence-corrected chi connectivity index (χ4v) is 1.88. The molecule has 1 aromatic carbocycles. The summed E-state index contributed by atoms with van der Waals surface area (Å²) >= 11 is 0. The van der Waals surface area contributed by atoms with Crippen LogP contribution in [0, 0.1) is 5.92 Å². The van der Waals surface area contributed by atoms with Gasteiger partial charge in [-0.3, -0.25) is 0 Å². The summed E-state index contributed by atoms with van der Waals surface area (Å²) in [5.41, 5.74) is 2.07. The molecule has 0 bridgehead atoms. The quantitative estimate of drug-likeness (QED) is 0.539. The van der Waals surface area contributed by atoms with Crippen molar-refractivity contribution in [1.29, 1.82) is 0 Å². The van der Waals surface area contributed by atoms with Gasteiger partial charge in [-0.2, -0.15) is 0 Å². The molecule has 0 radical (unpaired) electrons. The molecule has 0 spiro atoms. The van der Waals surface area contributed by atoms with Crippen LogP contribution in [0.1, 0.15) is 38.7 Å². The summed E-state index contributed by atoms with van der Waals surface area (Å²) in [4.78, 5) is 0. The van der Waals surface area contributed by atoms with Crippen molar-refractivity contribution in [3.8, 4) is 0 Å². The molecule has 1 N–H and O–H groups in total. The molecule has 0 aromatic heterocycles. The second-order valence-corrected chi connectivity index (χ2v) is 5.37. The minimum Gasteiger partial charge on any atom is -0.389 e. The monoisotopic (exact) mass is 262 g/mol. The first kappa shape index (κ1) is 15.9. The van der Waals surface area contributed by atoms with E-state index in [0.29, 0.717) is 12.5 Å². The Bertz CT molecular complexity index is 359. The Balaban J connectivity index is 2.07. The van der Waals surface area contributed by atoms with Gasteiger partial charge in [0.05, 0.1) is 12.7 Å². The van der Waals surface area contributed by atoms with Gasteiger partial charge < -0.3 is 9.84 Å². The van der Waals surface area contributed by atoms with Gasteiger partial charge in [-0.25, -0.2) is 0 Å². The summed E-state index contributed by atoms with van der Waals surface area (Å²) in [5.74, 6) is 0.574. The number of hydrogen-bond donors (Lipinski definition) is 1. The highest BCUT2D eigenvalue weighted by Crippen LogP contribution is 2.15. The molecular weight excluding hydrogens is 236 g/mol. The van der Waals surface area contributed by atoms with Gasteiger partial charge in [-0.1, -0.05) is 49.4 Å². The maximum absolute atomic E-state index is 9.66. The first-order valence-electron chi connectivity index (χ1n) is 7.04. The zero-order chi connectivity index (χ0) is 14.1. The van der Waals surface area contributed by atoms with Gasteiger partial charge >= 0.3 is 0 Å². The van der Waals surface area contributed by atoms with Gasteiger partial charge in [0.2, 0.25) is 0 Å². The highest BCUT2D eigenvalue weighted by Gasteiger charge is 2.08. The number of hydrogen-bond acceptors (Lipinski definition) is 2.